The van der Waals surface area contributed by atoms with Crippen LogP contribution >= 0.6 is 0 Å². The number of carbonyl (C=O) groups is 1. The van der Waals surface area contributed by atoms with Crippen molar-refractivity contribution >= 4 is 11.6 Å². The van der Waals surface area contributed by atoms with Crippen molar-refractivity contribution < 1.29 is 31.0 Å². The average Bonchev–Trinajstić information content (AvgIpc) is 2.70. The molecule has 0 radical (unpaired) electrons. The van der Waals surface area contributed by atoms with Gasteiger partial charge in [-0.2, -0.15) is 0 Å². The minimum absolute atomic E-state index is 0. The van der Waals surface area contributed by atoms with Gasteiger partial charge in [0, 0.05) is 33.3 Å². The van der Waals surface area contributed by atoms with Crippen molar-refractivity contribution in [2.24, 2.45) is 4.99 Å². The minimum Gasteiger partial charge on any atom is -0.512 e. The molecular weight excluding hydrogens is 449 g/mol. The van der Waals surface area contributed by atoms with Gasteiger partial charge in [0.25, 0.3) is 0 Å². The van der Waals surface area contributed by atoms with Crippen molar-refractivity contribution in [2.45, 2.75) is 39.8 Å². The van der Waals surface area contributed by atoms with E-state index in [0.29, 0.717) is 0 Å². The maximum atomic E-state index is 10.0. The smallest absolute Gasteiger partial charge is 0.155 e. The van der Waals surface area contributed by atoms with Crippen LogP contribution in [0.1, 0.15) is 33.4 Å². The van der Waals surface area contributed by atoms with Crippen molar-refractivity contribution in [1.29, 1.82) is 0 Å². The first kappa shape index (κ1) is 19.5. The molecule has 0 spiro atoms. The molecule has 2 unspecified atom stereocenters. The molecule has 0 amide bonds. The van der Waals surface area contributed by atoms with Crippen molar-refractivity contribution in [3.05, 3.63) is 47.2 Å². The predicted octanol–water partition coefficient (Wildman–Crippen LogP) is 3.03. The van der Waals surface area contributed by atoms with Crippen LogP contribution in [0.2, 0.25) is 0 Å². The van der Waals surface area contributed by atoms with E-state index in [1.807, 2.05) is 18.2 Å². The molecule has 1 N–H and O–H groups in total. The Balaban J connectivity index is 0.000000436. The van der Waals surface area contributed by atoms with Gasteiger partial charge < -0.3 is 15.4 Å². The second-order valence-electron chi connectivity index (χ2n) is 4.67. The Morgan fingerprint density at radius 2 is 2.00 bits per heavy atom. The fraction of sp³-hybridized carbons (Fsp3) is 0.400. The Bertz CT molecular complexity index is 511. The first-order chi connectivity index (χ1) is 9.40. The van der Waals surface area contributed by atoms with Crippen LogP contribution in [0.3, 0.4) is 0 Å². The second kappa shape index (κ2) is 9.45. The molecule has 1 aromatic rings. The van der Waals surface area contributed by atoms with E-state index in [2.05, 4.69) is 29.1 Å². The topological polar surface area (TPSA) is 76.7 Å². The van der Waals surface area contributed by atoms with Crippen LogP contribution in [0, 0.1) is 0 Å². The molecule has 2 rings (SSSR count). The van der Waals surface area contributed by atoms with Gasteiger partial charge in [0.05, 0.1) is 11.5 Å². The number of ketones is 1. The summed E-state index contributed by atoms with van der Waals surface area (Å²) in [7, 11) is 0. The number of aliphatic hydroxyl groups excluding tert-OH is 1. The van der Waals surface area contributed by atoms with Gasteiger partial charge in [-0.1, -0.05) is 19.9 Å². The van der Waals surface area contributed by atoms with Crippen LogP contribution in [-0.2, 0) is 25.9 Å². The summed E-state index contributed by atoms with van der Waals surface area (Å²) in [5.41, 5.74) is 0.874. The normalized spacial score (nSPS) is 20.4. The number of aliphatic hydroxyl groups is 1. The Hall–Kier alpha value is -1.48. The van der Waals surface area contributed by atoms with E-state index >= 15 is 0 Å². The molecule has 5 nitrogen and oxygen atoms in total. The van der Waals surface area contributed by atoms with E-state index in [1.165, 1.54) is 19.9 Å². The monoisotopic (exact) mass is 469 g/mol. The zero-order valence-corrected chi connectivity index (χ0v) is 14.8. The molecule has 6 heteroatoms. The number of pyridine rings is 1. The summed E-state index contributed by atoms with van der Waals surface area (Å²) in [6, 6.07) is 6.36. The SMILES string of the molecule is CC(=O)/C=C(/C)O.CC1N=C(c2ccccn2)[N-]C1C.[Pt]. The van der Waals surface area contributed by atoms with Gasteiger partial charge in [0.1, 0.15) is 0 Å². The summed E-state index contributed by atoms with van der Waals surface area (Å²) >= 11 is 0. The van der Waals surface area contributed by atoms with Crippen molar-refractivity contribution in [3.63, 3.8) is 0 Å². The Morgan fingerprint density at radius 3 is 2.33 bits per heavy atom. The third-order valence-corrected chi connectivity index (χ3v) is 2.66. The number of carbonyl (C=O) groups excluding carboxylic acids is 1. The molecule has 118 valence electrons. The molecule has 1 aromatic heterocycles. The summed E-state index contributed by atoms with van der Waals surface area (Å²) in [6.45, 7) is 7.00. The number of nitrogens with zero attached hydrogens (tertiary/aromatic N) is 3. The number of allylic oxidation sites excluding steroid dienone is 2. The third kappa shape index (κ3) is 7.19. The van der Waals surface area contributed by atoms with Crippen LogP contribution in [0.5, 0.6) is 0 Å². The fourth-order valence-electron chi connectivity index (χ4n) is 1.56. The van der Waals surface area contributed by atoms with E-state index in [1.54, 1.807) is 6.20 Å². The molecule has 0 aromatic carbocycles. The summed E-state index contributed by atoms with van der Waals surface area (Å²) in [5.74, 6) is 0.730. The van der Waals surface area contributed by atoms with E-state index in [9.17, 15) is 4.79 Å². The number of amidine groups is 1. The summed E-state index contributed by atoms with van der Waals surface area (Å²) in [6.07, 6.45) is 2.93. The Kier molecular flexibility index (Phi) is 8.79. The summed E-state index contributed by atoms with van der Waals surface area (Å²) < 4.78 is 0. The van der Waals surface area contributed by atoms with Crippen LogP contribution in [0.15, 0.2) is 41.2 Å². The summed E-state index contributed by atoms with van der Waals surface area (Å²) in [5, 5.41) is 12.8. The van der Waals surface area contributed by atoms with Gasteiger partial charge in [0.15, 0.2) is 5.78 Å². The van der Waals surface area contributed by atoms with Crippen molar-refractivity contribution in [3.8, 4) is 0 Å². The van der Waals surface area contributed by atoms with Crippen LogP contribution in [0.4, 0.5) is 0 Å². The molecule has 1 aliphatic heterocycles. The molecule has 2 heterocycles. The zero-order chi connectivity index (χ0) is 15.1. The molecule has 0 fully saturated rings. The van der Waals surface area contributed by atoms with Crippen LogP contribution in [-0.4, -0.2) is 33.8 Å². The number of aliphatic imine (C=N–C) groups is 1. The summed E-state index contributed by atoms with van der Waals surface area (Å²) in [4.78, 5) is 18.7. The third-order valence-electron chi connectivity index (χ3n) is 2.66. The number of hydrogen-bond donors (Lipinski definition) is 1. The van der Waals surface area contributed by atoms with E-state index in [0.717, 1.165) is 11.5 Å². The average molecular weight is 469 g/mol. The van der Waals surface area contributed by atoms with Gasteiger partial charge in [-0.05, 0) is 43.9 Å². The van der Waals surface area contributed by atoms with E-state index < -0.39 is 0 Å². The predicted molar refractivity (Wildman–Crippen MR) is 80.1 cm³/mol. The Labute approximate surface area is 139 Å². The minimum atomic E-state index is -0.125. The standard InChI is InChI=1S/C10H12N3.C5H8O2.Pt/c1-7-8(2)13-10(12-7)9-5-3-4-6-11-9;1-4(6)3-5(2)7;/h3-8H,1-2H3;3,6H,1-2H3;/q-1;;/b;4-3-;. The quantitative estimate of drug-likeness (QED) is 0.535. The van der Waals surface area contributed by atoms with Gasteiger partial charge in [-0.25, -0.2) is 0 Å². The first-order valence-corrected chi connectivity index (χ1v) is 6.48. The van der Waals surface area contributed by atoms with Crippen molar-refractivity contribution in [2.75, 3.05) is 0 Å². The van der Waals surface area contributed by atoms with E-state index in [-0.39, 0.29) is 44.7 Å². The van der Waals surface area contributed by atoms with E-state index in [4.69, 9.17) is 5.11 Å². The molecule has 0 aliphatic carbocycles. The molecule has 0 saturated heterocycles. The largest absolute Gasteiger partial charge is 0.512 e. The van der Waals surface area contributed by atoms with Gasteiger partial charge in [0.2, 0.25) is 0 Å². The number of aromatic nitrogens is 1. The Morgan fingerprint density at radius 1 is 1.33 bits per heavy atom. The van der Waals surface area contributed by atoms with Crippen LogP contribution in [0.25, 0.3) is 5.32 Å². The van der Waals surface area contributed by atoms with Crippen LogP contribution < -0.4 is 0 Å². The molecular formula is C15H20N3O2Pt-. The molecule has 1 aliphatic rings. The zero-order valence-electron chi connectivity index (χ0n) is 12.6. The second-order valence-corrected chi connectivity index (χ2v) is 4.67. The van der Waals surface area contributed by atoms with Crippen molar-refractivity contribution in [1.82, 2.24) is 4.98 Å². The number of rotatable bonds is 2. The first-order valence-electron chi connectivity index (χ1n) is 6.48. The molecule has 0 bridgehead atoms. The number of hydrogen-bond acceptors (Lipinski definition) is 4. The molecule has 21 heavy (non-hydrogen) atoms. The maximum Gasteiger partial charge on any atom is 0.155 e. The van der Waals surface area contributed by atoms with Gasteiger partial charge >= 0.3 is 0 Å². The van der Waals surface area contributed by atoms with Gasteiger partial charge in [-0.15, -0.1) is 0 Å². The van der Waals surface area contributed by atoms with Gasteiger partial charge in [-0.3, -0.25) is 9.78 Å². The fourth-order valence-corrected chi connectivity index (χ4v) is 1.56. The molecule has 0 saturated carbocycles. The maximum absolute atomic E-state index is 10.0. The molecule has 2 atom stereocenters.